The number of carboxylic acids is 1. The molecule has 2 N–H and O–H groups in total. The maximum Gasteiger partial charge on any atom is 0.319 e. The summed E-state index contributed by atoms with van der Waals surface area (Å²) in [7, 11) is -1.83. The molecule has 0 saturated carbocycles. The van der Waals surface area contributed by atoms with E-state index in [9.17, 15) is 18.9 Å². The minimum Gasteiger partial charge on any atom is -0.480 e. The molecule has 5 nitrogen and oxygen atoms in total. The monoisotopic (exact) mass is 379 g/mol. The third-order valence-corrected chi connectivity index (χ3v) is 5.50. The van der Waals surface area contributed by atoms with Gasteiger partial charge in [0.05, 0.1) is 10.7 Å². The fourth-order valence-corrected chi connectivity index (χ4v) is 3.61. The molecule has 2 rings (SSSR count). The molecule has 0 aromatic heterocycles. The second-order valence-electron chi connectivity index (χ2n) is 5.40. The van der Waals surface area contributed by atoms with Crippen molar-refractivity contribution in [2.24, 2.45) is 0 Å². The highest BCUT2D eigenvalue weighted by molar-refractivity contribution is 7.87. The Kier molecular flexibility index (Phi) is 7.16. The molecule has 0 aliphatic heterocycles. The van der Waals surface area contributed by atoms with Gasteiger partial charge in [-0.1, -0.05) is 54.1 Å². The smallest absolute Gasteiger partial charge is 0.319 e. The summed E-state index contributed by atoms with van der Waals surface area (Å²) in [5.74, 6) is -2.09. The van der Waals surface area contributed by atoms with E-state index < -0.39 is 33.7 Å². The van der Waals surface area contributed by atoms with Crippen molar-refractivity contribution in [1.82, 2.24) is 0 Å². The van der Waals surface area contributed by atoms with Crippen LogP contribution in [0.5, 0.6) is 0 Å². The molecule has 2 aromatic carbocycles. The highest BCUT2D eigenvalue weighted by Crippen LogP contribution is 2.20. The van der Waals surface area contributed by atoms with Gasteiger partial charge in [-0.2, -0.15) is 0 Å². The van der Waals surface area contributed by atoms with Crippen molar-refractivity contribution in [3.8, 4) is 0 Å². The Morgan fingerprint density at radius 2 is 1.72 bits per heavy atom. The first kappa shape index (κ1) is 19.1. The molecule has 0 aliphatic carbocycles. The lowest BCUT2D eigenvalue weighted by molar-refractivity contribution is -0.136. The van der Waals surface area contributed by atoms with Crippen LogP contribution in [0.2, 0.25) is 5.02 Å². The van der Waals surface area contributed by atoms with Gasteiger partial charge >= 0.3 is 5.97 Å². The minimum atomic E-state index is -1.83. The molecular formula is C18H18ClNO4S. The average Bonchev–Trinajstić information content (AvgIpc) is 2.57. The van der Waals surface area contributed by atoms with Gasteiger partial charge in [0.25, 0.3) is 0 Å². The number of rotatable bonds is 8. The molecule has 0 bridgehead atoms. The lowest BCUT2D eigenvalue weighted by Crippen LogP contribution is -2.32. The van der Waals surface area contributed by atoms with Crippen LogP contribution in [-0.2, 0) is 26.8 Å². The van der Waals surface area contributed by atoms with Crippen molar-refractivity contribution < 1.29 is 18.9 Å². The predicted octanol–water partition coefficient (Wildman–Crippen LogP) is 3.11. The summed E-state index contributed by atoms with van der Waals surface area (Å²) in [6.45, 7) is 0. The molecule has 0 spiro atoms. The highest BCUT2D eigenvalue weighted by atomic mass is 35.5. The Hall–Kier alpha value is -2.18. The third-order valence-electron chi connectivity index (χ3n) is 3.55. The van der Waals surface area contributed by atoms with Crippen LogP contribution in [0.1, 0.15) is 12.0 Å². The maximum atomic E-state index is 12.3. The van der Waals surface area contributed by atoms with E-state index in [-0.39, 0.29) is 6.42 Å². The fourth-order valence-electron chi connectivity index (χ4n) is 2.29. The topological polar surface area (TPSA) is 83.5 Å². The summed E-state index contributed by atoms with van der Waals surface area (Å²) in [5.41, 5.74) is 1.37. The van der Waals surface area contributed by atoms with E-state index in [0.717, 1.165) is 5.56 Å². The predicted molar refractivity (Wildman–Crippen MR) is 99.3 cm³/mol. The van der Waals surface area contributed by atoms with Crippen molar-refractivity contribution in [2.45, 2.75) is 18.1 Å². The van der Waals surface area contributed by atoms with E-state index in [4.69, 9.17) is 11.6 Å². The first-order valence-electron chi connectivity index (χ1n) is 7.65. The quantitative estimate of drug-likeness (QED) is 0.738. The fraction of sp³-hybridized carbons (Fsp3) is 0.222. The highest BCUT2D eigenvalue weighted by Gasteiger charge is 2.26. The van der Waals surface area contributed by atoms with Gasteiger partial charge < -0.3 is 10.4 Å². The summed E-state index contributed by atoms with van der Waals surface area (Å²) in [6.07, 6.45) is 0.682. The van der Waals surface area contributed by atoms with Gasteiger partial charge in [-0.25, -0.2) is 0 Å². The number of anilines is 1. The van der Waals surface area contributed by atoms with Crippen LogP contribution in [0.3, 0.4) is 0 Å². The summed E-state index contributed by atoms with van der Waals surface area (Å²) in [5, 5.41) is 11.1. The van der Waals surface area contributed by atoms with Gasteiger partial charge in [0, 0.05) is 10.8 Å². The molecule has 0 radical (unpaired) electrons. The van der Waals surface area contributed by atoms with E-state index in [1.807, 2.05) is 30.3 Å². The second-order valence-corrected chi connectivity index (χ2v) is 7.43. The van der Waals surface area contributed by atoms with Crippen molar-refractivity contribution in [1.29, 1.82) is 0 Å². The number of para-hydroxylation sites is 1. The molecule has 2 aromatic rings. The summed E-state index contributed by atoms with van der Waals surface area (Å²) in [4.78, 5) is 23.4. The number of benzene rings is 2. The summed E-state index contributed by atoms with van der Waals surface area (Å²) in [6, 6.07) is 16.0. The second kappa shape index (κ2) is 9.34. The number of hydrogen-bond acceptors (Lipinski definition) is 3. The van der Waals surface area contributed by atoms with Crippen molar-refractivity contribution in [3.05, 3.63) is 65.2 Å². The van der Waals surface area contributed by atoms with Crippen LogP contribution in [0.4, 0.5) is 5.69 Å². The Balaban J connectivity index is 1.94. The Morgan fingerprint density at radius 3 is 2.36 bits per heavy atom. The molecule has 2 unspecified atom stereocenters. The number of hydrogen-bond donors (Lipinski definition) is 2. The van der Waals surface area contributed by atoms with Crippen molar-refractivity contribution in [2.75, 3.05) is 11.1 Å². The van der Waals surface area contributed by atoms with Gasteiger partial charge in [0.1, 0.15) is 11.0 Å². The van der Waals surface area contributed by atoms with Gasteiger partial charge in [-0.05, 0) is 30.5 Å². The number of carboxylic acid groups (broad SMARTS) is 1. The van der Waals surface area contributed by atoms with Crippen LogP contribution < -0.4 is 5.32 Å². The zero-order valence-electron chi connectivity index (χ0n) is 13.4. The lowest BCUT2D eigenvalue weighted by atomic mass is 10.1. The molecule has 2 atom stereocenters. The molecule has 25 heavy (non-hydrogen) atoms. The first-order chi connectivity index (χ1) is 12.0. The normalized spacial score (nSPS) is 13.0. The van der Waals surface area contributed by atoms with Crippen LogP contribution in [0, 0.1) is 0 Å². The first-order valence-corrected chi connectivity index (χ1v) is 9.41. The van der Waals surface area contributed by atoms with E-state index in [1.165, 1.54) is 0 Å². The zero-order valence-corrected chi connectivity index (χ0v) is 14.9. The molecule has 0 fully saturated rings. The van der Waals surface area contributed by atoms with Crippen LogP contribution in [0.15, 0.2) is 54.6 Å². The average molecular weight is 380 g/mol. The van der Waals surface area contributed by atoms with E-state index in [1.54, 1.807) is 24.3 Å². The van der Waals surface area contributed by atoms with Gasteiger partial charge in [-0.15, -0.1) is 0 Å². The Bertz CT molecular complexity index is 767. The SMILES string of the molecule is O=C(CS(=O)C(CCc1ccccc1)C(=O)O)Nc1ccccc1Cl. The molecule has 1 amide bonds. The Morgan fingerprint density at radius 1 is 1.08 bits per heavy atom. The van der Waals surface area contributed by atoms with E-state index >= 15 is 0 Å². The number of carbonyl (C=O) groups is 2. The minimum absolute atomic E-state index is 0.200. The van der Waals surface area contributed by atoms with Crippen molar-refractivity contribution >= 4 is 40.0 Å². The molecule has 0 aliphatic rings. The van der Waals surface area contributed by atoms with E-state index in [0.29, 0.717) is 17.1 Å². The third kappa shape index (κ3) is 5.99. The van der Waals surface area contributed by atoms with E-state index in [2.05, 4.69) is 5.32 Å². The van der Waals surface area contributed by atoms with Crippen molar-refractivity contribution in [3.63, 3.8) is 0 Å². The number of amides is 1. The molecule has 132 valence electrons. The standard InChI is InChI=1S/C18H18ClNO4S/c19-14-8-4-5-9-15(14)20-17(21)12-25(24)16(18(22)23)11-10-13-6-2-1-3-7-13/h1-9,16H,10-12H2,(H,20,21)(H,22,23). The summed E-state index contributed by atoms with van der Waals surface area (Å²) >= 11 is 5.95. The number of aliphatic carboxylic acids is 1. The lowest BCUT2D eigenvalue weighted by Gasteiger charge is -2.13. The maximum absolute atomic E-state index is 12.3. The van der Waals surface area contributed by atoms with Gasteiger partial charge in [-0.3, -0.25) is 13.8 Å². The molecule has 0 heterocycles. The van der Waals surface area contributed by atoms with Gasteiger partial charge in [0.2, 0.25) is 5.91 Å². The molecular weight excluding hydrogens is 362 g/mol. The molecule has 0 saturated heterocycles. The largest absolute Gasteiger partial charge is 0.480 e. The van der Waals surface area contributed by atoms with Crippen LogP contribution >= 0.6 is 11.6 Å². The Labute approximate surface area is 153 Å². The number of carbonyl (C=O) groups excluding carboxylic acids is 1. The summed E-state index contributed by atoms with van der Waals surface area (Å²) < 4.78 is 12.3. The van der Waals surface area contributed by atoms with Gasteiger partial charge in [0.15, 0.2) is 0 Å². The number of halogens is 1. The zero-order chi connectivity index (χ0) is 18.2. The van der Waals surface area contributed by atoms with Crippen LogP contribution in [-0.4, -0.2) is 32.2 Å². The van der Waals surface area contributed by atoms with Crippen LogP contribution in [0.25, 0.3) is 0 Å². The number of nitrogens with one attached hydrogen (secondary N) is 1. The number of aryl methyl sites for hydroxylation is 1. The molecule has 7 heteroatoms.